The van der Waals surface area contributed by atoms with Gasteiger partial charge in [-0.2, -0.15) is 26.3 Å². The molecule has 1 saturated carbocycles. The molecule has 0 radical (unpaired) electrons. The molecule has 3 aromatic heterocycles. The van der Waals surface area contributed by atoms with Crippen molar-refractivity contribution in [3.8, 4) is 17.1 Å². The van der Waals surface area contributed by atoms with E-state index in [0.29, 0.717) is 18.4 Å². The van der Waals surface area contributed by atoms with Gasteiger partial charge in [-0.1, -0.05) is 0 Å². The van der Waals surface area contributed by atoms with Gasteiger partial charge >= 0.3 is 12.4 Å². The Morgan fingerprint density at radius 3 is 2.32 bits per heavy atom. The molecule has 1 aliphatic carbocycles. The molecule has 0 unspecified atom stereocenters. The Hall–Kier alpha value is -2.92. The van der Waals surface area contributed by atoms with Gasteiger partial charge in [-0.15, -0.1) is 10.2 Å². The topological polar surface area (TPSA) is 65.2 Å². The molecule has 4 rings (SSSR count). The standard InChI is InChI=1S/C16H11F6N5O/c17-15(18,19)13(8-1-2-8)28-12-4-3-9(5-24-12)10-7-27-11(6-23-10)25-26-14(27)16(20,21)22/h3-8,13H,1-2H2/t13-/m1/s1. The van der Waals surface area contributed by atoms with Crippen molar-refractivity contribution in [2.75, 3.05) is 0 Å². The third-order valence-corrected chi connectivity index (χ3v) is 4.20. The summed E-state index contributed by atoms with van der Waals surface area (Å²) in [7, 11) is 0. The van der Waals surface area contributed by atoms with Crippen LogP contribution in [-0.2, 0) is 6.18 Å². The number of rotatable bonds is 4. The van der Waals surface area contributed by atoms with E-state index in [-0.39, 0.29) is 17.2 Å². The van der Waals surface area contributed by atoms with Crippen LogP contribution >= 0.6 is 0 Å². The van der Waals surface area contributed by atoms with Gasteiger partial charge in [-0.3, -0.25) is 9.38 Å². The summed E-state index contributed by atoms with van der Waals surface area (Å²) in [5.74, 6) is -2.02. The van der Waals surface area contributed by atoms with Crippen LogP contribution in [0, 0.1) is 5.92 Å². The second-order valence-electron chi connectivity index (χ2n) is 6.32. The molecule has 28 heavy (non-hydrogen) atoms. The van der Waals surface area contributed by atoms with E-state index in [4.69, 9.17) is 4.74 Å². The van der Waals surface area contributed by atoms with Crippen molar-refractivity contribution in [2.45, 2.75) is 31.3 Å². The Bertz CT molecular complexity index is 993. The second-order valence-corrected chi connectivity index (χ2v) is 6.32. The van der Waals surface area contributed by atoms with Crippen LogP contribution in [0.3, 0.4) is 0 Å². The monoisotopic (exact) mass is 403 g/mol. The summed E-state index contributed by atoms with van der Waals surface area (Å²) in [5.41, 5.74) is 0.318. The summed E-state index contributed by atoms with van der Waals surface area (Å²) in [4.78, 5) is 7.82. The lowest BCUT2D eigenvalue weighted by Crippen LogP contribution is -2.36. The molecule has 1 atom stereocenters. The molecule has 3 heterocycles. The number of hydrogen-bond acceptors (Lipinski definition) is 5. The average molecular weight is 403 g/mol. The fourth-order valence-electron chi connectivity index (χ4n) is 2.70. The van der Waals surface area contributed by atoms with Crippen molar-refractivity contribution in [1.82, 2.24) is 24.6 Å². The average Bonchev–Trinajstić information content (AvgIpc) is 3.35. The molecule has 1 fully saturated rings. The predicted molar refractivity (Wildman–Crippen MR) is 82.2 cm³/mol. The predicted octanol–water partition coefficient (Wildman–Crippen LogP) is 3.92. The minimum Gasteiger partial charge on any atom is -0.464 e. The number of alkyl halides is 6. The minimum atomic E-state index is -4.70. The van der Waals surface area contributed by atoms with E-state index in [0.717, 1.165) is 16.8 Å². The van der Waals surface area contributed by atoms with E-state index in [2.05, 4.69) is 20.2 Å². The van der Waals surface area contributed by atoms with Crippen molar-refractivity contribution in [2.24, 2.45) is 5.92 Å². The van der Waals surface area contributed by atoms with Crippen LogP contribution < -0.4 is 4.74 Å². The third-order valence-electron chi connectivity index (χ3n) is 4.20. The number of aromatic nitrogens is 5. The first-order chi connectivity index (χ1) is 13.1. The first-order valence-electron chi connectivity index (χ1n) is 8.11. The number of ether oxygens (including phenoxy) is 1. The van der Waals surface area contributed by atoms with Crippen LogP contribution in [0.2, 0.25) is 0 Å². The van der Waals surface area contributed by atoms with Gasteiger partial charge < -0.3 is 4.74 Å². The van der Waals surface area contributed by atoms with E-state index in [9.17, 15) is 26.3 Å². The van der Waals surface area contributed by atoms with Gasteiger partial charge in [0.05, 0.1) is 11.9 Å². The number of hydrogen-bond donors (Lipinski definition) is 0. The molecule has 3 aromatic rings. The maximum atomic E-state index is 13.0. The minimum absolute atomic E-state index is 0.0959. The van der Waals surface area contributed by atoms with Crippen molar-refractivity contribution in [3.05, 3.63) is 36.5 Å². The summed E-state index contributed by atoms with van der Waals surface area (Å²) < 4.78 is 83.7. The van der Waals surface area contributed by atoms with Gasteiger partial charge in [0.15, 0.2) is 11.8 Å². The zero-order valence-electron chi connectivity index (χ0n) is 13.9. The number of halogens is 6. The van der Waals surface area contributed by atoms with Crippen LogP contribution in [0.1, 0.15) is 18.7 Å². The molecule has 0 saturated heterocycles. The quantitative estimate of drug-likeness (QED) is 0.618. The Morgan fingerprint density at radius 2 is 1.75 bits per heavy atom. The van der Waals surface area contributed by atoms with Gasteiger partial charge in [0.2, 0.25) is 11.7 Å². The van der Waals surface area contributed by atoms with Crippen molar-refractivity contribution >= 4 is 5.65 Å². The molecule has 0 bridgehead atoms. The molecular formula is C16H11F6N5O. The van der Waals surface area contributed by atoms with Crippen molar-refractivity contribution < 1.29 is 31.1 Å². The summed E-state index contributed by atoms with van der Waals surface area (Å²) in [5, 5.41) is 6.50. The Kier molecular flexibility index (Phi) is 4.16. The SMILES string of the molecule is FC(F)(F)c1nnc2cnc(-c3ccc(O[C@H](C4CC4)C(F)(F)F)nc3)cn12. The zero-order chi connectivity index (χ0) is 20.1. The molecule has 0 spiro atoms. The summed E-state index contributed by atoms with van der Waals surface area (Å²) in [6, 6.07) is 2.59. The number of nitrogens with zero attached hydrogens (tertiary/aromatic N) is 5. The van der Waals surface area contributed by atoms with Gasteiger partial charge in [0, 0.05) is 29.9 Å². The van der Waals surface area contributed by atoms with Gasteiger partial charge in [0.25, 0.3) is 0 Å². The highest BCUT2D eigenvalue weighted by Crippen LogP contribution is 2.42. The molecule has 12 heteroatoms. The number of fused-ring (bicyclic) bond motifs is 1. The Balaban J connectivity index is 1.60. The first kappa shape index (κ1) is 18.4. The smallest absolute Gasteiger partial charge is 0.452 e. The number of pyridine rings is 1. The first-order valence-corrected chi connectivity index (χ1v) is 8.11. The fraction of sp³-hybridized carbons (Fsp3) is 0.375. The molecule has 0 N–H and O–H groups in total. The van der Waals surface area contributed by atoms with E-state index in [1.165, 1.54) is 18.3 Å². The largest absolute Gasteiger partial charge is 0.464 e. The molecule has 0 amide bonds. The molecule has 0 aliphatic heterocycles. The van der Waals surface area contributed by atoms with E-state index in [1.807, 2.05) is 0 Å². The third kappa shape index (κ3) is 3.58. The van der Waals surface area contributed by atoms with Gasteiger partial charge in [-0.05, 0) is 18.9 Å². The molecule has 148 valence electrons. The van der Waals surface area contributed by atoms with Crippen LogP contribution in [0.5, 0.6) is 5.88 Å². The van der Waals surface area contributed by atoms with E-state index >= 15 is 0 Å². The van der Waals surface area contributed by atoms with Crippen LogP contribution in [0.4, 0.5) is 26.3 Å². The second kappa shape index (κ2) is 6.31. The summed E-state index contributed by atoms with van der Waals surface area (Å²) >= 11 is 0. The highest BCUT2D eigenvalue weighted by atomic mass is 19.4. The van der Waals surface area contributed by atoms with Gasteiger partial charge in [0.1, 0.15) is 0 Å². The normalized spacial score (nSPS) is 16.4. The maximum absolute atomic E-state index is 13.0. The highest BCUT2D eigenvalue weighted by Gasteiger charge is 2.51. The van der Waals surface area contributed by atoms with E-state index < -0.39 is 30.2 Å². The molecule has 1 aliphatic rings. The van der Waals surface area contributed by atoms with E-state index in [1.54, 1.807) is 0 Å². The fourth-order valence-corrected chi connectivity index (χ4v) is 2.70. The lowest BCUT2D eigenvalue weighted by molar-refractivity contribution is -0.201. The Morgan fingerprint density at radius 1 is 1.00 bits per heavy atom. The lowest BCUT2D eigenvalue weighted by atomic mass is 10.2. The van der Waals surface area contributed by atoms with Crippen LogP contribution in [-0.4, -0.2) is 36.8 Å². The Labute approximate surface area is 153 Å². The van der Waals surface area contributed by atoms with Crippen LogP contribution in [0.15, 0.2) is 30.7 Å². The summed E-state index contributed by atoms with van der Waals surface area (Å²) in [6.07, 6.45) is -6.89. The highest BCUT2D eigenvalue weighted by molar-refractivity contribution is 5.59. The zero-order valence-corrected chi connectivity index (χ0v) is 13.9. The molecule has 0 aromatic carbocycles. The van der Waals surface area contributed by atoms with Crippen molar-refractivity contribution in [1.29, 1.82) is 0 Å². The summed E-state index contributed by atoms with van der Waals surface area (Å²) in [6.45, 7) is 0. The maximum Gasteiger partial charge on any atom is 0.452 e. The van der Waals surface area contributed by atoms with Crippen molar-refractivity contribution in [3.63, 3.8) is 0 Å². The molecular weight excluding hydrogens is 392 g/mol. The molecule has 6 nitrogen and oxygen atoms in total. The lowest BCUT2D eigenvalue weighted by Gasteiger charge is -2.20. The van der Waals surface area contributed by atoms with Gasteiger partial charge in [-0.25, -0.2) is 4.98 Å². The van der Waals surface area contributed by atoms with Crippen LogP contribution in [0.25, 0.3) is 16.9 Å².